The molecule has 8 heterocycles. The molecule has 1 atom stereocenters. The maximum absolute atomic E-state index is 6.78. The molecule has 0 spiro atoms. The van der Waals surface area contributed by atoms with E-state index in [1.165, 1.54) is 71.0 Å². The molecule has 1 radical (unpaired) electrons. The van der Waals surface area contributed by atoms with Gasteiger partial charge >= 0.3 is 5.67 Å². The van der Waals surface area contributed by atoms with E-state index >= 15 is 0 Å². The van der Waals surface area contributed by atoms with Gasteiger partial charge in [-0.15, -0.1) is 49.7 Å². The molecule has 0 aromatic carbocycles. The van der Waals surface area contributed by atoms with E-state index in [0.29, 0.717) is 18.6 Å². The molecule has 0 saturated carbocycles. The number of halogens is 8. The van der Waals surface area contributed by atoms with Gasteiger partial charge in [-0.2, -0.15) is 15.8 Å². The summed E-state index contributed by atoms with van der Waals surface area (Å²) in [5.41, 5.74) is 0.352. The molecule has 431 valence electrons. The van der Waals surface area contributed by atoms with Crippen LogP contribution < -0.4 is 67.9 Å². The molecule has 0 N–H and O–H groups in total. The minimum absolute atomic E-state index is 0. The van der Waals surface area contributed by atoms with E-state index in [4.69, 9.17) is 1.37 Å². The van der Waals surface area contributed by atoms with Crippen molar-refractivity contribution in [3.8, 4) is 0 Å². The summed E-state index contributed by atoms with van der Waals surface area (Å²) in [5.74, 6) is 1.94. The molecule has 0 amide bonds. The van der Waals surface area contributed by atoms with E-state index in [1.807, 2.05) is 52.0 Å². The van der Waals surface area contributed by atoms with Crippen molar-refractivity contribution < 1.29 is 69.3 Å². The third-order valence-electron chi connectivity index (χ3n) is 10.6. The van der Waals surface area contributed by atoms with Gasteiger partial charge in [0.2, 0.25) is 6.74 Å². The van der Waals surface area contributed by atoms with Crippen LogP contribution in [-0.2, 0) is 14.1 Å². The van der Waals surface area contributed by atoms with E-state index < -0.39 is 0 Å². The van der Waals surface area contributed by atoms with Gasteiger partial charge in [0, 0.05) is 169 Å². The normalized spacial score (nSPS) is 13.7. The highest BCUT2D eigenvalue weighted by Crippen LogP contribution is 2.13. The summed E-state index contributed by atoms with van der Waals surface area (Å²) in [5, 5.41) is 0. The lowest BCUT2D eigenvalue weighted by Gasteiger charge is -2.26. The Morgan fingerprint density at radius 2 is 0.960 bits per heavy atom. The molecule has 0 aliphatic carbocycles. The summed E-state index contributed by atoms with van der Waals surface area (Å²) in [6.07, 6.45) is 49.6. The zero-order valence-electron chi connectivity index (χ0n) is 47.7. The highest BCUT2D eigenvalue weighted by atomic mass is 79.9. The van der Waals surface area contributed by atoms with E-state index in [9.17, 15) is 0 Å². The average Bonchev–Trinajstić information content (AvgIpc) is 4.21. The second-order valence-electron chi connectivity index (χ2n) is 17.3. The van der Waals surface area contributed by atoms with Gasteiger partial charge in [0.15, 0.2) is 5.99 Å². The van der Waals surface area contributed by atoms with Crippen molar-refractivity contribution in [3.63, 3.8) is 0 Å². The number of unbranched alkanes of at least 4 members (excludes halogenated alkanes) is 5. The fraction of sp³-hybridized carbons (Fsp3) is 0.583. The van der Waals surface area contributed by atoms with Crippen molar-refractivity contribution in [1.82, 2.24) is 77.2 Å². The first kappa shape index (κ1) is 82.1. The fourth-order valence-electron chi connectivity index (χ4n) is 6.19. The van der Waals surface area contributed by atoms with Gasteiger partial charge in [0.25, 0.3) is 0 Å². The van der Waals surface area contributed by atoms with Crippen LogP contribution in [0.2, 0.25) is 13.6 Å². The molecule has 27 heteroatoms. The predicted octanol–water partition coefficient (Wildman–Crippen LogP) is -2.03. The van der Waals surface area contributed by atoms with Gasteiger partial charge < -0.3 is 125 Å². The average molecular weight is 1560 g/mol. The second kappa shape index (κ2) is 54.2. The highest BCUT2D eigenvalue weighted by Gasteiger charge is 2.17. The minimum Gasteiger partial charge on any atom is -1.00 e. The highest BCUT2D eigenvalue weighted by molar-refractivity contribution is 9.24. The summed E-state index contributed by atoms with van der Waals surface area (Å²) < 4.78 is 14.3. The summed E-state index contributed by atoms with van der Waals surface area (Å²) in [4.78, 5) is 33.3. The molecule has 4 aliphatic rings. The van der Waals surface area contributed by atoms with Gasteiger partial charge in [0.1, 0.15) is 0 Å². The predicted molar refractivity (Wildman–Crippen MR) is 323 cm³/mol. The van der Waals surface area contributed by atoms with E-state index in [1.54, 1.807) is 60.9 Å². The standard InChI is InChI=1S/C10H20N2.C9H18N2.C8H16N2.C5H10N2.C4H6B2BrN2.C4H6BBrN2.2C4H6N2.6BrH/c1-3-4-5-6-7-12-9-8-11(2)10-12;1-4-5-6-11-8-7-10(3)9(11)2;1-3-4-5-10-7-6-9(2)8-10;1-6-3-4-7(2)5-6;1-6(5-7)9-3-2-8-4-9;1-5(6)8-3-2-7-4-8;2*1-6-3-2-5-4-6;;;;;;/h8-9H,3-7,10H2,1-2H3;7-9H,4-6H2,1-3H3;6-7H,3-5,8H2,1-2H3;3-4H,5H2,1-2H3;2-4H,1H3;2-4H,1H3;2*2-4H,1H3;6*1H/p-4/i;;;;;;1D;;;;;;;. The number of imidazole rings is 4. The minimum atomic E-state index is 0. The molecule has 0 bridgehead atoms. The number of hydrogen-bond donors (Lipinski definition) is 0. The Morgan fingerprint density at radius 1 is 0.533 bits per heavy atom. The van der Waals surface area contributed by atoms with Crippen LogP contribution in [0.15, 0.2) is 124 Å². The molecule has 0 fully saturated rings. The zero-order chi connectivity index (χ0) is 51.9. The third kappa shape index (κ3) is 43.8. The smallest absolute Gasteiger partial charge is 0.334 e. The summed E-state index contributed by atoms with van der Waals surface area (Å²) in [6, 6.07) is 0. The molecule has 4 aromatic rings. The Hall–Kier alpha value is -1.77. The van der Waals surface area contributed by atoms with Crippen molar-refractivity contribution in [1.29, 1.82) is 0 Å². The van der Waals surface area contributed by atoms with Crippen molar-refractivity contribution >= 4 is 83.9 Å². The van der Waals surface area contributed by atoms with Crippen molar-refractivity contribution in [2.75, 3.05) is 74.9 Å². The first-order chi connectivity index (χ1) is 33.7. The molecule has 1 unspecified atom stereocenters. The van der Waals surface area contributed by atoms with Gasteiger partial charge in [-0.3, -0.25) is 0 Å². The lowest BCUT2D eigenvalue weighted by atomic mass is 9.44. The molecular formula is C48H90B3Br8N16-4. The van der Waals surface area contributed by atoms with Gasteiger partial charge in [-0.25, -0.2) is 19.9 Å². The van der Waals surface area contributed by atoms with E-state index in [-0.39, 0.29) is 109 Å². The number of rotatable bonds is 14. The molecule has 16 nitrogen and oxygen atoms in total. The van der Waals surface area contributed by atoms with Crippen LogP contribution in [0, 0.1) is 0 Å². The molecule has 4 aliphatic heterocycles. The van der Waals surface area contributed by atoms with Gasteiger partial charge in [-0.05, 0) is 26.2 Å². The molecule has 4 aromatic heterocycles. The maximum atomic E-state index is 6.78. The Kier molecular flexibility index (Phi) is 59.3. The van der Waals surface area contributed by atoms with Crippen LogP contribution >= 0.6 is 65.5 Å². The number of nitrogens with zero attached hydrogens (tertiary/aromatic N) is 16. The number of aromatic nitrogens is 8. The van der Waals surface area contributed by atoms with Crippen molar-refractivity contribution in [2.45, 2.75) is 98.9 Å². The first-order valence-electron chi connectivity index (χ1n) is 25.1. The van der Waals surface area contributed by atoms with Crippen LogP contribution in [0.5, 0.6) is 0 Å². The van der Waals surface area contributed by atoms with Crippen LogP contribution in [-0.4, -0.2) is 177 Å². The Balaban J connectivity index is -0.000000184. The van der Waals surface area contributed by atoms with Crippen LogP contribution in [0.4, 0.5) is 0 Å². The van der Waals surface area contributed by atoms with E-state index in [2.05, 4.69) is 210 Å². The molecular weight excluding hydrogens is 1470 g/mol. The zero-order valence-corrected chi connectivity index (χ0v) is 59.6. The lowest BCUT2D eigenvalue weighted by Crippen LogP contribution is -3.00. The largest absolute Gasteiger partial charge is 1.00 e. The molecule has 8 rings (SSSR count). The van der Waals surface area contributed by atoms with Crippen molar-refractivity contribution in [2.24, 2.45) is 14.1 Å². The second-order valence-corrected chi connectivity index (χ2v) is 19.2. The monoisotopic (exact) mass is 1560 g/mol. The Morgan fingerprint density at radius 3 is 1.27 bits per heavy atom. The van der Waals surface area contributed by atoms with E-state index in [0.717, 1.165) is 20.0 Å². The topological polar surface area (TPSA) is 97.2 Å². The van der Waals surface area contributed by atoms with Crippen LogP contribution in [0.3, 0.4) is 0 Å². The molecule has 0 saturated heterocycles. The van der Waals surface area contributed by atoms with Crippen LogP contribution in [0.1, 0.15) is 80.4 Å². The first-order valence-corrected chi connectivity index (χ1v) is 26.2. The SMILES string of the molecule is Br.Br.CB(Br)n1ccnc1.CB([B]Br)n1ccnc1.CCCCCCN1C=CN(C)C1.CCCCN1C=CN(C)C1.CCCCN1C=CN(C)C1C.CN1C=CN(C)C1.Cn1ccnc1.[2H]Cn1ccnc1.[Br-].[Br-].[Br-].[Br-]. The third-order valence-corrected chi connectivity index (χ3v) is 11.9. The van der Waals surface area contributed by atoms with Crippen molar-refractivity contribution in [3.05, 3.63) is 124 Å². The summed E-state index contributed by atoms with van der Waals surface area (Å²) in [6.45, 7) is 20.2. The Labute approximate surface area is 537 Å². The Bertz CT molecular complexity index is 1870. The quantitative estimate of drug-likeness (QED) is 0.103. The van der Waals surface area contributed by atoms with Crippen LogP contribution in [0.25, 0.3) is 0 Å². The maximum Gasteiger partial charge on any atom is 0.334 e. The lowest BCUT2D eigenvalue weighted by molar-refractivity contribution is -0.00100. The van der Waals surface area contributed by atoms with Gasteiger partial charge in [0.05, 0.1) is 51.5 Å². The molecule has 75 heavy (non-hydrogen) atoms. The summed E-state index contributed by atoms with van der Waals surface area (Å²) >= 11 is 6.65. The van der Waals surface area contributed by atoms with Gasteiger partial charge in [-0.1, -0.05) is 66.5 Å². The fourth-order valence-corrected chi connectivity index (χ4v) is 6.70. The summed E-state index contributed by atoms with van der Waals surface area (Å²) in [7, 11) is 12.6. The number of aryl methyl sites for hydroxylation is 2. The number of hydrogen-bond acceptors (Lipinski definition) is 12.